The summed E-state index contributed by atoms with van der Waals surface area (Å²) in [6, 6.07) is 8.12. The molecule has 0 saturated carbocycles. The van der Waals surface area contributed by atoms with E-state index in [4.69, 9.17) is 5.26 Å². The van der Waals surface area contributed by atoms with Crippen LogP contribution in [0.3, 0.4) is 0 Å². The SMILES string of the molecule is Cn1cc(CNc2cccnc2N2CCCC2)cc1C#N. The number of anilines is 2. The average Bonchev–Trinajstić information content (AvgIpc) is 3.15. The minimum absolute atomic E-state index is 0.678. The lowest BCUT2D eigenvalue weighted by atomic mass is 10.3. The van der Waals surface area contributed by atoms with E-state index >= 15 is 0 Å². The van der Waals surface area contributed by atoms with Crippen LogP contribution in [-0.2, 0) is 13.6 Å². The number of aryl methyl sites for hydroxylation is 1. The third-order valence-corrected chi connectivity index (χ3v) is 3.85. The second-order valence-electron chi connectivity index (χ2n) is 5.38. The van der Waals surface area contributed by atoms with Gasteiger partial charge in [0.1, 0.15) is 11.8 Å². The van der Waals surface area contributed by atoms with Crippen LogP contribution in [-0.4, -0.2) is 22.6 Å². The smallest absolute Gasteiger partial charge is 0.151 e. The van der Waals surface area contributed by atoms with Crippen LogP contribution < -0.4 is 10.2 Å². The van der Waals surface area contributed by atoms with Crippen molar-refractivity contribution in [2.75, 3.05) is 23.3 Å². The number of hydrogen-bond donors (Lipinski definition) is 1. The third-order valence-electron chi connectivity index (χ3n) is 3.85. The highest BCUT2D eigenvalue weighted by atomic mass is 15.2. The van der Waals surface area contributed by atoms with Crippen LogP contribution in [0.25, 0.3) is 0 Å². The maximum absolute atomic E-state index is 9.00. The summed E-state index contributed by atoms with van der Waals surface area (Å²) in [7, 11) is 1.89. The van der Waals surface area contributed by atoms with E-state index in [9.17, 15) is 0 Å². The highest BCUT2D eigenvalue weighted by Gasteiger charge is 2.16. The van der Waals surface area contributed by atoms with Crippen LogP contribution in [0.1, 0.15) is 24.1 Å². The second-order valence-corrected chi connectivity index (χ2v) is 5.38. The molecule has 3 heterocycles. The average molecular weight is 281 g/mol. The highest BCUT2D eigenvalue weighted by molar-refractivity contribution is 5.65. The Bertz CT molecular complexity index is 662. The van der Waals surface area contributed by atoms with Gasteiger partial charge in [0.15, 0.2) is 5.82 Å². The fourth-order valence-electron chi connectivity index (χ4n) is 2.75. The van der Waals surface area contributed by atoms with Crippen molar-refractivity contribution in [2.45, 2.75) is 19.4 Å². The summed E-state index contributed by atoms with van der Waals surface area (Å²) in [6.07, 6.45) is 6.30. The van der Waals surface area contributed by atoms with Gasteiger partial charge in [-0.1, -0.05) is 0 Å². The summed E-state index contributed by atoms with van der Waals surface area (Å²) in [6.45, 7) is 2.85. The molecular formula is C16H19N5. The Balaban J connectivity index is 1.74. The summed E-state index contributed by atoms with van der Waals surface area (Å²) in [5.74, 6) is 1.03. The molecule has 0 bridgehead atoms. The number of nitrogens with one attached hydrogen (secondary N) is 1. The molecule has 0 aromatic carbocycles. The van der Waals surface area contributed by atoms with Crippen LogP contribution in [0, 0.1) is 11.3 Å². The van der Waals surface area contributed by atoms with Crippen LogP contribution in [0.15, 0.2) is 30.6 Å². The molecule has 21 heavy (non-hydrogen) atoms. The van der Waals surface area contributed by atoms with E-state index in [0.29, 0.717) is 12.2 Å². The Morgan fingerprint density at radius 3 is 2.90 bits per heavy atom. The minimum atomic E-state index is 0.678. The first-order valence-corrected chi connectivity index (χ1v) is 7.27. The van der Waals surface area contributed by atoms with E-state index in [1.54, 1.807) is 0 Å². The van der Waals surface area contributed by atoms with E-state index in [1.165, 1.54) is 12.8 Å². The highest BCUT2D eigenvalue weighted by Crippen LogP contribution is 2.26. The molecule has 108 valence electrons. The first-order chi connectivity index (χ1) is 10.3. The third kappa shape index (κ3) is 2.84. The summed E-state index contributed by atoms with van der Waals surface area (Å²) < 4.78 is 1.85. The minimum Gasteiger partial charge on any atom is -0.378 e. The van der Waals surface area contributed by atoms with Gasteiger partial charge >= 0.3 is 0 Å². The topological polar surface area (TPSA) is 56.9 Å². The Labute approximate surface area is 124 Å². The molecule has 1 saturated heterocycles. The van der Waals surface area contributed by atoms with Gasteiger partial charge in [0.2, 0.25) is 0 Å². The lowest BCUT2D eigenvalue weighted by Crippen LogP contribution is -2.20. The number of hydrogen-bond acceptors (Lipinski definition) is 4. The number of nitriles is 1. The van der Waals surface area contributed by atoms with E-state index in [2.05, 4.69) is 27.3 Å². The number of aromatic nitrogens is 2. The van der Waals surface area contributed by atoms with Gasteiger partial charge in [0.05, 0.1) is 5.69 Å². The molecule has 0 amide bonds. The lowest BCUT2D eigenvalue weighted by Gasteiger charge is -2.20. The van der Waals surface area contributed by atoms with Gasteiger partial charge in [-0.15, -0.1) is 0 Å². The Morgan fingerprint density at radius 2 is 2.19 bits per heavy atom. The van der Waals surface area contributed by atoms with Gasteiger partial charge in [-0.2, -0.15) is 5.26 Å². The maximum Gasteiger partial charge on any atom is 0.151 e. The molecule has 1 aliphatic heterocycles. The van der Waals surface area contributed by atoms with Crippen LogP contribution in [0.2, 0.25) is 0 Å². The zero-order chi connectivity index (χ0) is 14.7. The van der Waals surface area contributed by atoms with Gasteiger partial charge in [-0.25, -0.2) is 4.98 Å². The molecule has 2 aromatic rings. The van der Waals surface area contributed by atoms with Gasteiger partial charge in [-0.05, 0) is 36.6 Å². The van der Waals surface area contributed by atoms with Crippen molar-refractivity contribution in [3.63, 3.8) is 0 Å². The maximum atomic E-state index is 9.00. The van der Waals surface area contributed by atoms with E-state index in [-0.39, 0.29) is 0 Å². The molecule has 0 aliphatic carbocycles. The quantitative estimate of drug-likeness (QED) is 0.935. The van der Waals surface area contributed by atoms with Crippen molar-refractivity contribution >= 4 is 11.5 Å². The first-order valence-electron chi connectivity index (χ1n) is 7.27. The van der Waals surface area contributed by atoms with Crippen molar-refractivity contribution in [1.29, 1.82) is 5.26 Å². The molecule has 0 unspecified atom stereocenters. The fourth-order valence-corrected chi connectivity index (χ4v) is 2.75. The summed E-state index contributed by atoms with van der Waals surface area (Å²) in [4.78, 5) is 6.85. The number of pyridine rings is 1. The largest absolute Gasteiger partial charge is 0.378 e. The van der Waals surface area contributed by atoms with Crippen molar-refractivity contribution in [3.05, 3.63) is 41.9 Å². The molecule has 1 aliphatic rings. The lowest BCUT2D eigenvalue weighted by molar-refractivity contribution is 0.901. The predicted octanol–water partition coefficient (Wildman–Crippen LogP) is 2.50. The van der Waals surface area contributed by atoms with Gasteiger partial charge in [0.25, 0.3) is 0 Å². The Hall–Kier alpha value is -2.48. The Kier molecular flexibility index (Phi) is 3.78. The summed E-state index contributed by atoms with van der Waals surface area (Å²) >= 11 is 0. The molecule has 5 heteroatoms. The second kappa shape index (κ2) is 5.88. The fraction of sp³-hybridized carbons (Fsp3) is 0.375. The van der Waals surface area contributed by atoms with Crippen molar-refractivity contribution in [2.24, 2.45) is 7.05 Å². The molecule has 0 spiro atoms. The van der Waals surface area contributed by atoms with Gasteiger partial charge in [-0.3, -0.25) is 0 Å². The molecular weight excluding hydrogens is 262 g/mol. The number of nitrogens with zero attached hydrogens (tertiary/aromatic N) is 4. The Morgan fingerprint density at radius 1 is 1.38 bits per heavy atom. The molecule has 5 nitrogen and oxygen atoms in total. The molecule has 1 fully saturated rings. The summed E-state index contributed by atoms with van der Waals surface area (Å²) in [5, 5.41) is 12.4. The van der Waals surface area contributed by atoms with Gasteiger partial charge in [0, 0.05) is 39.1 Å². The molecule has 3 rings (SSSR count). The number of rotatable bonds is 4. The zero-order valence-corrected chi connectivity index (χ0v) is 12.2. The summed E-state index contributed by atoms with van der Waals surface area (Å²) in [5.41, 5.74) is 2.84. The first kappa shape index (κ1) is 13.5. The van der Waals surface area contributed by atoms with E-state index < -0.39 is 0 Å². The molecule has 0 atom stereocenters. The molecule has 0 radical (unpaired) electrons. The zero-order valence-electron chi connectivity index (χ0n) is 12.2. The molecule has 2 aromatic heterocycles. The van der Waals surface area contributed by atoms with E-state index in [1.807, 2.05) is 36.1 Å². The van der Waals surface area contributed by atoms with Crippen LogP contribution >= 0.6 is 0 Å². The van der Waals surface area contributed by atoms with Crippen LogP contribution in [0.5, 0.6) is 0 Å². The molecule has 1 N–H and O–H groups in total. The van der Waals surface area contributed by atoms with Crippen molar-refractivity contribution < 1.29 is 0 Å². The standard InChI is InChI=1S/C16H19N5/c1-20-12-13(9-14(20)10-17)11-19-15-5-4-6-18-16(15)21-7-2-3-8-21/h4-6,9,12,19H,2-3,7-8,11H2,1H3. The normalized spacial score (nSPS) is 14.2. The van der Waals surface area contributed by atoms with E-state index in [0.717, 1.165) is 30.2 Å². The monoisotopic (exact) mass is 281 g/mol. The van der Waals surface area contributed by atoms with Crippen molar-refractivity contribution in [3.8, 4) is 6.07 Å². The predicted molar refractivity (Wildman–Crippen MR) is 83.1 cm³/mol. The van der Waals surface area contributed by atoms with Crippen LogP contribution in [0.4, 0.5) is 11.5 Å². The van der Waals surface area contributed by atoms with Gasteiger partial charge < -0.3 is 14.8 Å². The van der Waals surface area contributed by atoms with Crippen molar-refractivity contribution in [1.82, 2.24) is 9.55 Å².